The maximum absolute atomic E-state index is 13.5. The summed E-state index contributed by atoms with van der Waals surface area (Å²) in [7, 11) is 0. The second kappa shape index (κ2) is 12.9. The molecule has 0 saturated carbocycles. The van der Waals surface area contributed by atoms with Crippen molar-refractivity contribution in [3.05, 3.63) is 93.5 Å². The summed E-state index contributed by atoms with van der Waals surface area (Å²) in [5, 5.41) is 32.4. The lowest BCUT2D eigenvalue weighted by Crippen LogP contribution is -2.53. The van der Waals surface area contributed by atoms with Crippen LogP contribution in [0.5, 0.6) is 0 Å². The highest BCUT2D eigenvalue weighted by Crippen LogP contribution is 2.50. The molecule has 0 bridgehead atoms. The van der Waals surface area contributed by atoms with Crippen LogP contribution in [0.15, 0.2) is 54.6 Å². The molecule has 0 aromatic heterocycles. The number of benzene rings is 3. The zero-order chi connectivity index (χ0) is 30.6. The molecule has 0 saturated heterocycles. The molecule has 3 aromatic rings. The van der Waals surface area contributed by atoms with Crippen LogP contribution in [0, 0.1) is 6.92 Å². The summed E-state index contributed by atoms with van der Waals surface area (Å²) < 4.78 is 81.3. The Kier molecular flexibility index (Phi) is 10.3. The molecule has 0 aliphatic rings. The molecule has 3 aromatic carbocycles. The van der Waals surface area contributed by atoms with E-state index in [4.69, 9.17) is 0 Å². The first-order valence-electron chi connectivity index (χ1n) is 13.4. The topological polar surface area (TPSA) is 72.7 Å². The molecule has 0 amide bonds. The number of aryl methyl sites for hydroxylation is 2. The van der Waals surface area contributed by atoms with E-state index in [9.17, 15) is 41.7 Å². The number of aliphatic hydroxyl groups excluding tert-OH is 2. The van der Waals surface area contributed by atoms with Crippen molar-refractivity contribution >= 4 is 0 Å². The Morgan fingerprint density at radius 2 is 1.41 bits per heavy atom. The summed E-state index contributed by atoms with van der Waals surface area (Å²) in [6, 6.07) is 13.7. The minimum Gasteiger partial charge on any atom is -0.392 e. The molecule has 1 unspecified atom stereocenters. The van der Waals surface area contributed by atoms with Crippen LogP contribution in [-0.2, 0) is 31.8 Å². The fourth-order valence-electron chi connectivity index (χ4n) is 5.02. The Hall–Kier alpha value is -2.92. The number of aliphatic hydroxyl groups is 3. The normalized spacial score (nSPS) is 13.5. The molecule has 41 heavy (non-hydrogen) atoms. The molecule has 10 heteroatoms. The van der Waals surface area contributed by atoms with Crippen molar-refractivity contribution < 1.29 is 41.7 Å². The Labute approximate surface area is 235 Å². The number of hydrogen-bond donors (Lipinski definition) is 4. The van der Waals surface area contributed by atoms with Gasteiger partial charge < -0.3 is 20.6 Å². The first-order chi connectivity index (χ1) is 19.2. The van der Waals surface area contributed by atoms with Gasteiger partial charge in [-0.15, -0.1) is 0 Å². The molecular weight excluding hydrogens is 548 g/mol. The van der Waals surface area contributed by atoms with Crippen LogP contribution in [-0.4, -0.2) is 27.7 Å². The average molecular weight is 584 g/mol. The number of halogens is 6. The van der Waals surface area contributed by atoms with E-state index in [2.05, 4.69) is 5.32 Å². The van der Waals surface area contributed by atoms with Gasteiger partial charge in [0.2, 0.25) is 0 Å². The lowest BCUT2D eigenvalue weighted by molar-refractivity contribution is -0.376. The van der Waals surface area contributed by atoms with Gasteiger partial charge in [0.25, 0.3) is 5.60 Å². The van der Waals surface area contributed by atoms with E-state index in [1.54, 1.807) is 13.0 Å². The van der Waals surface area contributed by atoms with Crippen molar-refractivity contribution in [1.82, 2.24) is 5.32 Å². The van der Waals surface area contributed by atoms with E-state index in [0.717, 1.165) is 22.8 Å². The van der Waals surface area contributed by atoms with E-state index in [-0.39, 0.29) is 31.2 Å². The fraction of sp³-hybridized carbons (Fsp3) is 0.419. The largest absolute Gasteiger partial charge is 0.430 e. The summed E-state index contributed by atoms with van der Waals surface area (Å²) in [5.41, 5.74) is -0.936. The molecular formula is C31H35F6NO3. The molecule has 1 atom stereocenters. The highest BCUT2D eigenvalue weighted by molar-refractivity contribution is 5.72. The lowest BCUT2D eigenvalue weighted by Gasteiger charge is -2.33. The maximum Gasteiger partial charge on any atom is 0.430 e. The molecule has 0 aliphatic carbocycles. The summed E-state index contributed by atoms with van der Waals surface area (Å²) in [6.07, 6.45) is -10.5. The van der Waals surface area contributed by atoms with Gasteiger partial charge in [0.1, 0.15) is 0 Å². The van der Waals surface area contributed by atoms with Gasteiger partial charge in [-0.05, 0) is 70.3 Å². The minimum atomic E-state index is -5.96. The van der Waals surface area contributed by atoms with E-state index in [1.165, 1.54) is 6.07 Å². The fourth-order valence-corrected chi connectivity index (χ4v) is 5.02. The smallest absolute Gasteiger partial charge is 0.392 e. The van der Waals surface area contributed by atoms with Crippen LogP contribution in [0.2, 0.25) is 0 Å². The monoisotopic (exact) mass is 583 g/mol. The van der Waals surface area contributed by atoms with Crippen molar-refractivity contribution in [2.75, 3.05) is 0 Å². The SMILES string of the molecule is CCCc1cc(C(O)(C(F)(F)F)C(F)(F)F)ccc1-c1cc(C(CC)NCc2ccc(CO)c(CO)c2)ccc1C. The van der Waals surface area contributed by atoms with Crippen LogP contribution in [0.25, 0.3) is 11.1 Å². The van der Waals surface area contributed by atoms with Gasteiger partial charge in [0, 0.05) is 18.2 Å². The zero-order valence-electron chi connectivity index (χ0n) is 23.1. The van der Waals surface area contributed by atoms with Crippen molar-refractivity contribution in [3.8, 4) is 11.1 Å². The third-order valence-corrected chi connectivity index (χ3v) is 7.39. The van der Waals surface area contributed by atoms with Crippen LogP contribution >= 0.6 is 0 Å². The molecule has 0 fully saturated rings. The van der Waals surface area contributed by atoms with Gasteiger partial charge in [-0.2, -0.15) is 26.3 Å². The summed E-state index contributed by atoms with van der Waals surface area (Å²) in [5.74, 6) is 0. The first kappa shape index (κ1) is 32.6. The van der Waals surface area contributed by atoms with E-state index >= 15 is 0 Å². The zero-order valence-corrected chi connectivity index (χ0v) is 23.1. The summed E-state index contributed by atoms with van der Waals surface area (Å²) in [4.78, 5) is 0. The predicted molar refractivity (Wildman–Crippen MR) is 145 cm³/mol. The maximum atomic E-state index is 13.5. The number of alkyl halides is 6. The van der Waals surface area contributed by atoms with Crippen LogP contribution in [0.4, 0.5) is 26.3 Å². The van der Waals surface area contributed by atoms with E-state index in [0.29, 0.717) is 47.7 Å². The Bertz CT molecular complexity index is 1320. The molecule has 4 N–H and O–H groups in total. The van der Waals surface area contributed by atoms with Gasteiger partial charge in [-0.3, -0.25) is 0 Å². The second-order valence-electron chi connectivity index (χ2n) is 10.2. The van der Waals surface area contributed by atoms with Gasteiger partial charge >= 0.3 is 12.4 Å². The molecule has 4 nitrogen and oxygen atoms in total. The van der Waals surface area contributed by atoms with Gasteiger partial charge in [0.15, 0.2) is 0 Å². The van der Waals surface area contributed by atoms with Crippen molar-refractivity contribution in [2.45, 2.75) is 83.8 Å². The van der Waals surface area contributed by atoms with Gasteiger partial charge in [-0.25, -0.2) is 0 Å². The third-order valence-electron chi connectivity index (χ3n) is 7.39. The van der Waals surface area contributed by atoms with Gasteiger partial charge in [-0.1, -0.05) is 68.8 Å². The van der Waals surface area contributed by atoms with Crippen LogP contribution < -0.4 is 5.32 Å². The lowest BCUT2D eigenvalue weighted by atomic mass is 9.85. The number of rotatable bonds is 11. The Balaban J connectivity index is 2.00. The van der Waals surface area contributed by atoms with E-state index < -0.39 is 23.5 Å². The second-order valence-corrected chi connectivity index (χ2v) is 10.2. The first-order valence-corrected chi connectivity index (χ1v) is 13.4. The average Bonchev–Trinajstić information content (AvgIpc) is 2.92. The number of nitrogens with one attached hydrogen (secondary N) is 1. The third kappa shape index (κ3) is 6.77. The highest BCUT2D eigenvalue weighted by atomic mass is 19.4. The molecule has 0 radical (unpaired) electrons. The molecule has 3 rings (SSSR count). The molecule has 0 heterocycles. The summed E-state index contributed by atoms with van der Waals surface area (Å²) in [6.45, 7) is 5.65. The quantitative estimate of drug-likeness (QED) is 0.181. The van der Waals surface area contributed by atoms with Crippen molar-refractivity contribution in [2.24, 2.45) is 0 Å². The van der Waals surface area contributed by atoms with Gasteiger partial charge in [0.05, 0.1) is 13.2 Å². The minimum absolute atomic E-state index is 0.126. The predicted octanol–water partition coefficient (Wildman–Crippen LogP) is 7.15. The molecule has 0 spiro atoms. The highest BCUT2D eigenvalue weighted by Gasteiger charge is 2.71. The van der Waals surface area contributed by atoms with Crippen molar-refractivity contribution in [3.63, 3.8) is 0 Å². The number of hydrogen-bond acceptors (Lipinski definition) is 4. The summed E-state index contributed by atoms with van der Waals surface area (Å²) >= 11 is 0. The van der Waals surface area contributed by atoms with Crippen LogP contribution in [0.1, 0.15) is 71.7 Å². The Morgan fingerprint density at radius 3 is 1.98 bits per heavy atom. The standard InChI is InChI=1S/C31H35F6NO3/c1-4-6-21-14-25(29(41,30(32,33)34)31(35,36)37)11-12-26(21)27-15-22(9-7-19(27)3)28(5-2)38-16-20-8-10-23(17-39)24(13-20)18-40/h7-15,28,38-41H,4-6,16-18H2,1-3H3. The Morgan fingerprint density at radius 1 is 0.756 bits per heavy atom. The molecule has 224 valence electrons. The molecule has 0 aliphatic heterocycles. The van der Waals surface area contributed by atoms with E-state index in [1.807, 2.05) is 44.2 Å². The van der Waals surface area contributed by atoms with Crippen molar-refractivity contribution in [1.29, 1.82) is 0 Å². The van der Waals surface area contributed by atoms with Crippen LogP contribution in [0.3, 0.4) is 0 Å².